The molecular formula is C36H64FeP2. The van der Waals surface area contributed by atoms with E-state index in [2.05, 4.69) is 18.5 Å². The first kappa shape index (κ1) is 33.3. The van der Waals surface area contributed by atoms with Gasteiger partial charge in [0.25, 0.3) is 0 Å². The molecule has 0 spiro atoms. The molecule has 0 heterocycles. The van der Waals surface area contributed by atoms with Gasteiger partial charge in [-0.1, -0.05) is 138 Å². The maximum absolute atomic E-state index is 2.80. The van der Waals surface area contributed by atoms with Gasteiger partial charge in [-0.25, -0.2) is 0 Å². The van der Waals surface area contributed by atoms with Crippen LogP contribution in [-0.4, -0.2) is 28.3 Å². The minimum absolute atomic E-state index is 0. The Hall–Kier alpha value is 1.38. The SMILES string of the molecule is C1CCCC1.C[C@@H]([C]1CCC[C]1P(C1CCCCC1)C1CCCCC1)P(C1CCCCC1)C1CCCCC1.[Fe]. The molecule has 0 amide bonds. The molecule has 0 N–H and O–H groups in total. The molecule has 39 heavy (non-hydrogen) atoms. The van der Waals surface area contributed by atoms with Crippen LogP contribution >= 0.6 is 15.8 Å². The maximum atomic E-state index is 2.80. The molecule has 2 radical (unpaired) electrons. The summed E-state index contributed by atoms with van der Waals surface area (Å²) in [6.07, 6.45) is 43.3. The Morgan fingerprint density at radius 2 is 0.769 bits per heavy atom. The van der Waals surface area contributed by atoms with E-state index in [9.17, 15) is 0 Å². The van der Waals surface area contributed by atoms with Gasteiger partial charge >= 0.3 is 0 Å². The van der Waals surface area contributed by atoms with Gasteiger partial charge in [-0.15, -0.1) is 0 Å². The Kier molecular flexibility index (Phi) is 15.6. The fourth-order valence-electron chi connectivity index (χ4n) is 9.71. The second-order valence-electron chi connectivity index (χ2n) is 14.3. The zero-order valence-electron chi connectivity index (χ0n) is 25.9. The first-order valence-electron chi connectivity index (χ1n) is 18.1. The Labute approximate surface area is 258 Å². The summed E-state index contributed by atoms with van der Waals surface area (Å²) in [6, 6.07) is 0. The quantitative estimate of drug-likeness (QED) is 0.198. The van der Waals surface area contributed by atoms with Gasteiger partial charge in [0.05, 0.1) is 0 Å². The number of hydrogen-bond acceptors (Lipinski definition) is 0. The molecule has 0 aromatic carbocycles. The van der Waals surface area contributed by atoms with Crippen molar-refractivity contribution in [2.24, 2.45) is 0 Å². The van der Waals surface area contributed by atoms with Crippen LogP contribution in [0.4, 0.5) is 0 Å². The van der Waals surface area contributed by atoms with E-state index in [1.54, 1.807) is 103 Å². The van der Waals surface area contributed by atoms with Crippen LogP contribution in [0.15, 0.2) is 0 Å². The standard InChI is InChI=1S/C31H54P2.C5H10.Fe/c1-25(32(26-15-6-2-7-16-26)27-17-8-3-9-18-27)30-23-14-24-31(30)33(28-19-10-4-11-20-28)29-21-12-5-13-22-29;1-2-4-5-3-1;/h25-29H,2-24H2,1H3;1-5H2;/t25-;;/m0../s1. The fraction of sp³-hybridized carbons (Fsp3) is 0.944. The van der Waals surface area contributed by atoms with Crippen LogP contribution in [0.25, 0.3) is 0 Å². The molecule has 6 fully saturated rings. The minimum Gasteiger partial charge on any atom is -0.0968 e. The molecule has 0 nitrogen and oxygen atoms in total. The summed E-state index contributed by atoms with van der Waals surface area (Å²) >= 11 is 0. The van der Waals surface area contributed by atoms with E-state index in [0.717, 1.165) is 28.3 Å². The van der Waals surface area contributed by atoms with Gasteiger partial charge in [0.2, 0.25) is 0 Å². The Morgan fingerprint density at radius 3 is 1.15 bits per heavy atom. The van der Waals surface area contributed by atoms with Gasteiger partial charge in [0, 0.05) is 22.7 Å². The molecule has 3 heteroatoms. The van der Waals surface area contributed by atoms with Gasteiger partial charge in [-0.05, 0) is 98.4 Å². The second kappa shape index (κ2) is 18.2. The Balaban J connectivity index is 0.000000530. The summed E-state index contributed by atoms with van der Waals surface area (Å²) < 4.78 is 0. The van der Waals surface area contributed by atoms with Crippen LogP contribution in [0.5, 0.6) is 0 Å². The van der Waals surface area contributed by atoms with Crippen LogP contribution in [-0.2, 0) is 17.1 Å². The second-order valence-corrected chi connectivity index (χ2v) is 20.2. The van der Waals surface area contributed by atoms with Crippen LogP contribution in [0.1, 0.15) is 187 Å². The molecule has 1 atom stereocenters. The smallest absolute Gasteiger partial charge is 0.00802 e. The largest absolute Gasteiger partial charge is 0.0968 e. The fourth-order valence-corrected chi connectivity index (χ4v) is 18.6. The average molecular weight is 615 g/mol. The van der Waals surface area contributed by atoms with Gasteiger partial charge in [-0.3, -0.25) is 0 Å². The van der Waals surface area contributed by atoms with Crippen molar-refractivity contribution in [3.8, 4) is 0 Å². The molecule has 6 saturated carbocycles. The van der Waals surface area contributed by atoms with E-state index in [0.29, 0.717) is 0 Å². The predicted octanol–water partition coefficient (Wildman–Crippen LogP) is 12.9. The van der Waals surface area contributed by atoms with Crippen molar-refractivity contribution >= 4 is 15.8 Å². The third-order valence-electron chi connectivity index (χ3n) is 11.7. The third-order valence-corrected chi connectivity index (χ3v) is 19.3. The topological polar surface area (TPSA) is 0 Å². The molecule has 226 valence electrons. The van der Waals surface area contributed by atoms with Crippen molar-refractivity contribution in [2.75, 3.05) is 0 Å². The molecule has 6 rings (SSSR count). The summed E-state index contributed by atoms with van der Waals surface area (Å²) in [6.45, 7) is 2.80. The molecule has 0 aliphatic heterocycles. The van der Waals surface area contributed by atoms with Gasteiger partial charge < -0.3 is 0 Å². The van der Waals surface area contributed by atoms with E-state index in [4.69, 9.17) is 0 Å². The van der Waals surface area contributed by atoms with Crippen molar-refractivity contribution < 1.29 is 17.1 Å². The number of hydrogen-bond donors (Lipinski definition) is 0. The normalized spacial score (nSPS) is 28.4. The van der Waals surface area contributed by atoms with Crippen molar-refractivity contribution in [1.82, 2.24) is 0 Å². The van der Waals surface area contributed by atoms with Crippen LogP contribution in [0.3, 0.4) is 0 Å². The van der Waals surface area contributed by atoms with Gasteiger partial charge in [-0.2, -0.15) is 0 Å². The Morgan fingerprint density at radius 1 is 0.436 bits per heavy atom. The zero-order chi connectivity index (χ0) is 26.0. The molecule has 0 bridgehead atoms. The zero-order valence-corrected chi connectivity index (χ0v) is 28.8. The average Bonchev–Trinajstić information content (AvgIpc) is 3.72. The minimum atomic E-state index is 0. The molecular weight excluding hydrogens is 550 g/mol. The third kappa shape index (κ3) is 9.43. The first-order chi connectivity index (χ1) is 18.8. The van der Waals surface area contributed by atoms with E-state index in [1.807, 2.05) is 0 Å². The van der Waals surface area contributed by atoms with Crippen molar-refractivity contribution in [2.45, 2.75) is 215 Å². The molecule has 0 saturated heterocycles. The predicted molar refractivity (Wildman–Crippen MR) is 174 cm³/mol. The summed E-state index contributed by atoms with van der Waals surface area (Å²) in [5.41, 5.74) is 7.61. The van der Waals surface area contributed by atoms with Crippen LogP contribution in [0, 0.1) is 11.6 Å². The monoisotopic (exact) mass is 614 g/mol. The van der Waals surface area contributed by atoms with Crippen LogP contribution in [0.2, 0.25) is 0 Å². The summed E-state index contributed by atoms with van der Waals surface area (Å²) in [7, 11) is 0.357. The summed E-state index contributed by atoms with van der Waals surface area (Å²) in [5.74, 6) is 2.11. The van der Waals surface area contributed by atoms with Gasteiger partial charge in [0.15, 0.2) is 0 Å². The van der Waals surface area contributed by atoms with Crippen LogP contribution < -0.4 is 0 Å². The van der Waals surface area contributed by atoms with Crippen molar-refractivity contribution in [1.29, 1.82) is 0 Å². The summed E-state index contributed by atoms with van der Waals surface area (Å²) in [5, 5.41) is 0. The summed E-state index contributed by atoms with van der Waals surface area (Å²) in [4.78, 5) is 0. The van der Waals surface area contributed by atoms with Gasteiger partial charge in [0.1, 0.15) is 0 Å². The number of rotatable bonds is 7. The van der Waals surface area contributed by atoms with E-state index >= 15 is 0 Å². The van der Waals surface area contributed by atoms with Crippen molar-refractivity contribution in [3.63, 3.8) is 0 Å². The molecule has 0 aromatic heterocycles. The molecule has 0 unspecified atom stereocenters. The Bertz CT molecular complexity index is 582. The van der Waals surface area contributed by atoms with E-state index in [1.165, 1.54) is 77.0 Å². The molecule has 6 aliphatic rings. The maximum Gasteiger partial charge on any atom is 0.00802 e. The van der Waals surface area contributed by atoms with E-state index in [-0.39, 0.29) is 32.9 Å². The molecule has 0 aromatic rings. The molecule has 6 aliphatic carbocycles. The first-order valence-corrected chi connectivity index (χ1v) is 21.1. The van der Waals surface area contributed by atoms with Crippen molar-refractivity contribution in [3.05, 3.63) is 11.6 Å². The van der Waals surface area contributed by atoms with E-state index < -0.39 is 0 Å².